The van der Waals surface area contributed by atoms with Gasteiger partial charge < -0.3 is 0 Å². The Balaban J connectivity index is 2.16. The number of ketones is 1. The second kappa shape index (κ2) is 5.55. The largest absolute Gasteiger partial charge is 0.299 e. The smallest absolute Gasteiger partial charge is 0.142 e. The van der Waals surface area contributed by atoms with Gasteiger partial charge in [0, 0.05) is 18.9 Å². The van der Waals surface area contributed by atoms with Crippen LogP contribution in [0.15, 0.2) is 4.47 Å². The van der Waals surface area contributed by atoms with Crippen molar-refractivity contribution in [2.24, 2.45) is 11.8 Å². The van der Waals surface area contributed by atoms with Crippen molar-refractivity contribution in [1.29, 1.82) is 0 Å². The highest BCUT2D eigenvalue weighted by molar-refractivity contribution is 9.10. The van der Waals surface area contributed by atoms with Crippen LogP contribution in [0.2, 0.25) is 0 Å². The van der Waals surface area contributed by atoms with E-state index in [0.29, 0.717) is 18.1 Å². The predicted octanol–water partition coefficient (Wildman–Crippen LogP) is 3.52. The Morgan fingerprint density at radius 2 is 2.22 bits per heavy atom. The lowest BCUT2D eigenvalue weighted by Gasteiger charge is -2.14. The Kier molecular flexibility index (Phi) is 4.25. The van der Waals surface area contributed by atoms with Crippen LogP contribution in [0.5, 0.6) is 0 Å². The third kappa shape index (κ3) is 2.53. The Bertz CT molecular complexity index is 453. The second-order valence-electron chi connectivity index (χ2n) is 5.32. The molecule has 0 aliphatic heterocycles. The van der Waals surface area contributed by atoms with Gasteiger partial charge in [-0.05, 0) is 48.5 Å². The van der Waals surface area contributed by atoms with Gasteiger partial charge in [0.15, 0.2) is 0 Å². The van der Waals surface area contributed by atoms with E-state index in [1.807, 2.05) is 11.6 Å². The van der Waals surface area contributed by atoms with Gasteiger partial charge in [-0.15, -0.1) is 0 Å². The molecule has 0 radical (unpaired) electrons. The van der Waals surface area contributed by atoms with Crippen LogP contribution in [0.3, 0.4) is 0 Å². The third-order valence-corrected chi connectivity index (χ3v) is 5.10. The van der Waals surface area contributed by atoms with E-state index in [1.165, 1.54) is 12.8 Å². The van der Waals surface area contributed by atoms with Gasteiger partial charge in [0.25, 0.3) is 0 Å². The Morgan fingerprint density at radius 3 is 2.78 bits per heavy atom. The van der Waals surface area contributed by atoms with Gasteiger partial charge in [-0.3, -0.25) is 9.48 Å². The first-order chi connectivity index (χ1) is 8.54. The summed E-state index contributed by atoms with van der Waals surface area (Å²) in [6.07, 6.45) is 3.98. The van der Waals surface area contributed by atoms with Crippen LogP contribution in [-0.4, -0.2) is 15.6 Å². The fourth-order valence-electron chi connectivity index (χ4n) is 2.96. The SMILES string of the molecule is CCn1nc(C)c(Br)c1CC(=O)C1CCCC1C. The van der Waals surface area contributed by atoms with Crippen molar-refractivity contribution in [3.63, 3.8) is 0 Å². The maximum Gasteiger partial charge on any atom is 0.142 e. The molecule has 1 heterocycles. The van der Waals surface area contributed by atoms with Crippen molar-refractivity contribution in [2.75, 3.05) is 0 Å². The molecular weight excluding hydrogens is 292 g/mol. The zero-order valence-corrected chi connectivity index (χ0v) is 13.0. The average molecular weight is 313 g/mol. The zero-order chi connectivity index (χ0) is 13.3. The molecule has 0 aromatic carbocycles. The minimum Gasteiger partial charge on any atom is -0.299 e. The van der Waals surface area contributed by atoms with E-state index in [4.69, 9.17) is 0 Å². The number of hydrogen-bond acceptors (Lipinski definition) is 2. The number of hydrogen-bond donors (Lipinski definition) is 0. The van der Waals surface area contributed by atoms with Gasteiger partial charge in [-0.25, -0.2) is 0 Å². The average Bonchev–Trinajstić information content (AvgIpc) is 2.87. The van der Waals surface area contributed by atoms with E-state index in [9.17, 15) is 4.79 Å². The van der Waals surface area contributed by atoms with Gasteiger partial charge in [0.2, 0.25) is 0 Å². The highest BCUT2D eigenvalue weighted by Gasteiger charge is 2.30. The van der Waals surface area contributed by atoms with Crippen LogP contribution < -0.4 is 0 Å². The summed E-state index contributed by atoms with van der Waals surface area (Å²) in [4.78, 5) is 12.4. The zero-order valence-electron chi connectivity index (χ0n) is 11.4. The lowest BCUT2D eigenvalue weighted by molar-refractivity contribution is -0.123. The van der Waals surface area contributed by atoms with Gasteiger partial charge in [0.05, 0.1) is 15.9 Å². The number of carbonyl (C=O) groups excluding carboxylic acids is 1. The molecule has 4 heteroatoms. The molecule has 1 aliphatic rings. The van der Waals surface area contributed by atoms with E-state index in [0.717, 1.165) is 28.8 Å². The lowest BCUT2D eigenvalue weighted by Crippen LogP contribution is -2.20. The normalized spacial score (nSPS) is 23.6. The van der Waals surface area contributed by atoms with Crippen molar-refractivity contribution >= 4 is 21.7 Å². The first-order valence-corrected chi connectivity index (χ1v) is 7.58. The molecule has 2 rings (SSSR count). The summed E-state index contributed by atoms with van der Waals surface area (Å²) in [5, 5.41) is 4.44. The van der Waals surface area contributed by atoms with E-state index in [-0.39, 0.29) is 5.92 Å². The van der Waals surface area contributed by atoms with E-state index in [1.54, 1.807) is 0 Å². The monoisotopic (exact) mass is 312 g/mol. The molecule has 0 bridgehead atoms. The van der Waals surface area contributed by atoms with Gasteiger partial charge in [-0.1, -0.05) is 13.3 Å². The van der Waals surface area contributed by atoms with Gasteiger partial charge >= 0.3 is 0 Å². The van der Waals surface area contributed by atoms with Crippen molar-refractivity contribution in [3.8, 4) is 0 Å². The topological polar surface area (TPSA) is 34.9 Å². The molecule has 0 N–H and O–H groups in total. The first kappa shape index (κ1) is 13.8. The van der Waals surface area contributed by atoms with Gasteiger partial charge in [-0.2, -0.15) is 5.10 Å². The molecule has 0 spiro atoms. The van der Waals surface area contributed by atoms with Crippen LogP contribution in [0.25, 0.3) is 0 Å². The summed E-state index contributed by atoms with van der Waals surface area (Å²) in [5.74, 6) is 1.20. The second-order valence-corrected chi connectivity index (χ2v) is 6.11. The fraction of sp³-hybridized carbons (Fsp3) is 0.714. The molecule has 0 saturated heterocycles. The lowest BCUT2D eigenvalue weighted by atomic mass is 9.91. The molecule has 1 fully saturated rings. The molecule has 2 atom stereocenters. The summed E-state index contributed by atoms with van der Waals surface area (Å²) >= 11 is 3.56. The molecule has 1 saturated carbocycles. The summed E-state index contributed by atoms with van der Waals surface area (Å²) in [5.41, 5.74) is 2.01. The molecule has 3 nitrogen and oxygen atoms in total. The summed E-state index contributed by atoms with van der Waals surface area (Å²) in [6.45, 7) is 7.05. The molecule has 18 heavy (non-hydrogen) atoms. The predicted molar refractivity (Wildman–Crippen MR) is 75.6 cm³/mol. The summed E-state index contributed by atoms with van der Waals surface area (Å²) < 4.78 is 2.94. The third-order valence-electron chi connectivity index (χ3n) is 4.07. The molecule has 2 unspecified atom stereocenters. The molecule has 1 aromatic heterocycles. The van der Waals surface area contributed by atoms with E-state index in [2.05, 4.69) is 34.9 Å². The van der Waals surface area contributed by atoms with Crippen LogP contribution in [-0.2, 0) is 17.8 Å². The van der Waals surface area contributed by atoms with Crippen molar-refractivity contribution in [3.05, 3.63) is 15.9 Å². The highest BCUT2D eigenvalue weighted by Crippen LogP contribution is 2.33. The van der Waals surface area contributed by atoms with Gasteiger partial charge in [0.1, 0.15) is 5.78 Å². The minimum absolute atomic E-state index is 0.261. The highest BCUT2D eigenvalue weighted by atomic mass is 79.9. The maximum atomic E-state index is 12.4. The number of Topliss-reactive ketones (excluding diaryl/α,β-unsaturated/α-hetero) is 1. The van der Waals surface area contributed by atoms with E-state index < -0.39 is 0 Å². The Hall–Kier alpha value is -0.640. The molecule has 0 amide bonds. The number of rotatable bonds is 4. The molecule has 1 aromatic rings. The Labute approximate surface area is 117 Å². The Morgan fingerprint density at radius 1 is 1.50 bits per heavy atom. The van der Waals surface area contributed by atoms with Crippen molar-refractivity contribution in [1.82, 2.24) is 9.78 Å². The van der Waals surface area contributed by atoms with Crippen LogP contribution in [0, 0.1) is 18.8 Å². The van der Waals surface area contributed by atoms with Crippen LogP contribution >= 0.6 is 15.9 Å². The number of aryl methyl sites for hydroxylation is 2. The van der Waals surface area contributed by atoms with Crippen molar-refractivity contribution in [2.45, 2.75) is 53.0 Å². The molecular formula is C14H21BrN2O. The first-order valence-electron chi connectivity index (χ1n) is 6.79. The number of aromatic nitrogens is 2. The van der Waals surface area contributed by atoms with Crippen molar-refractivity contribution < 1.29 is 4.79 Å². The minimum atomic E-state index is 0.261. The van der Waals surface area contributed by atoms with E-state index >= 15 is 0 Å². The van der Waals surface area contributed by atoms with Crippen LogP contribution in [0.4, 0.5) is 0 Å². The number of nitrogens with zero attached hydrogens (tertiary/aromatic N) is 2. The quantitative estimate of drug-likeness (QED) is 0.852. The molecule has 100 valence electrons. The van der Waals surface area contributed by atoms with Crippen LogP contribution in [0.1, 0.15) is 44.5 Å². The number of carbonyl (C=O) groups is 1. The standard InChI is InChI=1S/C14H21BrN2O/c1-4-17-12(14(15)10(3)16-17)8-13(18)11-7-5-6-9(11)2/h9,11H,4-8H2,1-3H3. The maximum absolute atomic E-state index is 12.4. The summed E-state index contributed by atoms with van der Waals surface area (Å²) in [6, 6.07) is 0. The molecule has 1 aliphatic carbocycles. The number of halogens is 1. The summed E-state index contributed by atoms with van der Waals surface area (Å²) in [7, 11) is 0. The fourth-order valence-corrected chi connectivity index (χ4v) is 3.38.